The van der Waals surface area contributed by atoms with Crippen LogP contribution in [-0.4, -0.2) is 22.7 Å². The van der Waals surface area contributed by atoms with Crippen molar-refractivity contribution < 1.29 is 132 Å². The van der Waals surface area contributed by atoms with Crippen molar-refractivity contribution in [2.45, 2.75) is 16.7 Å². The van der Waals surface area contributed by atoms with Crippen molar-refractivity contribution in [2.24, 2.45) is 5.73 Å². The van der Waals surface area contributed by atoms with E-state index in [0.717, 1.165) is 36.4 Å². The van der Waals surface area contributed by atoms with E-state index < -0.39 is 42.2 Å². The van der Waals surface area contributed by atoms with E-state index in [1.807, 2.05) is 0 Å². The molecule has 0 unspecified atom stereocenters. The largest absolute Gasteiger partial charge is 1.00 e. The van der Waals surface area contributed by atoms with Crippen LogP contribution in [0.5, 0.6) is 0 Å². The molecule has 0 saturated heterocycles. The molecule has 8 nitrogen and oxygen atoms in total. The first-order valence-corrected chi connectivity index (χ1v) is 13.6. The summed E-state index contributed by atoms with van der Waals surface area (Å²) in [6.45, 7) is 1.49. The van der Waals surface area contributed by atoms with Crippen LogP contribution in [0.15, 0.2) is 62.8 Å². The minimum Gasteiger partial charge on any atom is -1.00 e. The number of anilines is 2. The SMILES string of the molecule is Cc1cc(F)c(Br)cc1NS(=O)(=O)c1ccc(NS(=O)(=O)c2cc(Cl)cc(Cl)c2)cc1C(N)=O.[H-].[H-].[K+].[K+]. The summed E-state index contributed by atoms with van der Waals surface area (Å²) < 4.78 is 69.5. The average Bonchev–Trinajstić information content (AvgIpc) is 2.70. The standard InChI is InChI=1S/C20H15BrCl2FN3O5S2.2K.2H/c1-10-4-17(24)16(21)9-18(10)27-34(31,32)19-3-2-13(8-15(19)20(25)28)26-33(29,30)14-6-11(22)5-12(23)7-14;;;;/h2-9,26-27H,1H3,(H2,25,28);;;;/q;2*+1;2*-1. The number of benzene rings is 3. The fraction of sp³-hybridized carbons (Fsp3) is 0.0500. The summed E-state index contributed by atoms with van der Waals surface area (Å²) in [5.74, 6) is -1.71. The van der Waals surface area contributed by atoms with Crippen LogP contribution in [0.4, 0.5) is 15.8 Å². The molecular formula is C20H17BrCl2FK2N3O5S2. The maximum absolute atomic E-state index is 13.7. The predicted octanol–water partition coefficient (Wildman–Crippen LogP) is -0.863. The Morgan fingerprint density at radius 3 is 2.08 bits per heavy atom. The van der Waals surface area contributed by atoms with Crippen LogP contribution in [0.25, 0.3) is 0 Å². The number of amides is 1. The summed E-state index contributed by atoms with van der Waals surface area (Å²) in [6.07, 6.45) is 0. The summed E-state index contributed by atoms with van der Waals surface area (Å²) in [7, 11) is -8.56. The van der Waals surface area contributed by atoms with Gasteiger partial charge in [-0.1, -0.05) is 23.2 Å². The molecule has 0 aliphatic heterocycles. The Hall–Kier alpha value is 0.893. The molecule has 0 atom stereocenters. The fourth-order valence-electron chi connectivity index (χ4n) is 2.87. The summed E-state index contributed by atoms with van der Waals surface area (Å²) >= 11 is 14.7. The normalized spacial score (nSPS) is 11.1. The second-order valence-corrected chi connectivity index (χ2v) is 12.0. The zero-order valence-electron chi connectivity index (χ0n) is 21.1. The van der Waals surface area contributed by atoms with Crippen molar-refractivity contribution >= 4 is 76.5 Å². The fourth-order valence-corrected chi connectivity index (χ4v) is 6.31. The van der Waals surface area contributed by atoms with Gasteiger partial charge in [0.05, 0.1) is 20.6 Å². The molecule has 16 heteroatoms. The van der Waals surface area contributed by atoms with Gasteiger partial charge < -0.3 is 8.59 Å². The van der Waals surface area contributed by atoms with Gasteiger partial charge >= 0.3 is 103 Å². The van der Waals surface area contributed by atoms with Crippen LogP contribution >= 0.6 is 39.1 Å². The molecule has 0 aliphatic carbocycles. The third-order valence-electron chi connectivity index (χ3n) is 4.44. The summed E-state index contributed by atoms with van der Waals surface area (Å²) in [6, 6.07) is 9.15. The smallest absolute Gasteiger partial charge is 1.00 e. The number of halogens is 4. The zero-order chi connectivity index (χ0) is 25.4. The van der Waals surface area contributed by atoms with Crippen LogP contribution in [0.2, 0.25) is 10.0 Å². The first-order valence-electron chi connectivity index (χ1n) is 9.11. The van der Waals surface area contributed by atoms with Crippen molar-refractivity contribution in [1.29, 1.82) is 0 Å². The third-order valence-corrected chi connectivity index (χ3v) is 8.27. The van der Waals surface area contributed by atoms with Gasteiger partial charge in [0.15, 0.2) is 0 Å². The van der Waals surface area contributed by atoms with E-state index in [9.17, 15) is 26.0 Å². The van der Waals surface area contributed by atoms with Gasteiger partial charge in [0.25, 0.3) is 20.0 Å². The molecule has 1 amide bonds. The number of carbonyl (C=O) groups excluding carboxylic acids is 1. The average molecular weight is 692 g/mol. The zero-order valence-corrected chi connectivity index (χ0v) is 30.0. The monoisotopic (exact) mass is 689 g/mol. The second-order valence-electron chi connectivity index (χ2n) is 6.97. The minimum absolute atomic E-state index is 0. The summed E-state index contributed by atoms with van der Waals surface area (Å²) in [5, 5.41) is 0.168. The number of nitrogens with two attached hydrogens (primary N) is 1. The van der Waals surface area contributed by atoms with E-state index in [1.54, 1.807) is 0 Å². The van der Waals surface area contributed by atoms with Crippen molar-refractivity contribution in [3.63, 3.8) is 0 Å². The van der Waals surface area contributed by atoms with Gasteiger partial charge in [0, 0.05) is 15.7 Å². The van der Waals surface area contributed by atoms with Crippen LogP contribution in [0.3, 0.4) is 0 Å². The molecule has 3 aromatic rings. The summed E-state index contributed by atoms with van der Waals surface area (Å²) in [5.41, 5.74) is 5.10. The number of rotatable bonds is 7. The molecule has 0 radical (unpaired) electrons. The Balaban J connectivity index is 0. The molecule has 4 N–H and O–H groups in total. The number of sulfonamides is 2. The molecule has 0 fully saturated rings. The van der Waals surface area contributed by atoms with Crippen LogP contribution in [0.1, 0.15) is 18.8 Å². The van der Waals surface area contributed by atoms with Gasteiger partial charge in [-0.2, -0.15) is 0 Å². The molecule has 0 spiro atoms. The van der Waals surface area contributed by atoms with Gasteiger partial charge in [0.2, 0.25) is 5.91 Å². The van der Waals surface area contributed by atoms with Crippen molar-refractivity contribution in [1.82, 2.24) is 0 Å². The molecule has 0 heterocycles. The van der Waals surface area contributed by atoms with Crippen molar-refractivity contribution in [2.75, 3.05) is 9.44 Å². The number of nitrogens with one attached hydrogen (secondary N) is 2. The van der Waals surface area contributed by atoms with Crippen LogP contribution in [0, 0.1) is 12.7 Å². The molecule has 3 aromatic carbocycles. The number of primary amides is 1. The molecule has 0 aliphatic rings. The number of hydrogen-bond acceptors (Lipinski definition) is 5. The van der Waals surface area contributed by atoms with Crippen molar-refractivity contribution in [3.05, 3.63) is 80.0 Å². The first kappa shape index (κ1) is 34.9. The Bertz CT molecular complexity index is 1540. The third kappa shape index (κ3) is 8.70. The molecule has 0 aromatic heterocycles. The number of hydrogen-bond donors (Lipinski definition) is 3. The van der Waals surface area contributed by atoms with Gasteiger partial charge in [-0.25, -0.2) is 21.2 Å². The number of aryl methyl sites for hydroxylation is 1. The van der Waals surface area contributed by atoms with Gasteiger partial charge in [0.1, 0.15) is 10.7 Å². The molecule has 0 bridgehead atoms. The second kappa shape index (κ2) is 14.0. The molecule has 184 valence electrons. The number of carbonyl (C=O) groups is 1. The predicted molar refractivity (Wildman–Crippen MR) is 134 cm³/mol. The Morgan fingerprint density at radius 2 is 1.53 bits per heavy atom. The van der Waals surface area contributed by atoms with E-state index >= 15 is 0 Å². The van der Waals surface area contributed by atoms with E-state index in [1.165, 1.54) is 19.1 Å². The molecular weight excluding hydrogens is 674 g/mol. The maximum atomic E-state index is 13.7. The minimum atomic E-state index is -4.37. The van der Waals surface area contributed by atoms with Crippen LogP contribution < -0.4 is 118 Å². The first-order chi connectivity index (χ1) is 15.7. The van der Waals surface area contributed by atoms with E-state index in [-0.39, 0.29) is 142 Å². The van der Waals surface area contributed by atoms with Crippen LogP contribution in [-0.2, 0) is 20.0 Å². The Kier molecular flexibility index (Phi) is 13.6. The van der Waals surface area contributed by atoms with E-state index in [4.69, 9.17) is 28.9 Å². The van der Waals surface area contributed by atoms with E-state index in [0.29, 0.717) is 0 Å². The van der Waals surface area contributed by atoms with Gasteiger partial charge in [-0.15, -0.1) is 0 Å². The molecule has 3 rings (SSSR count). The molecule has 0 saturated carbocycles. The van der Waals surface area contributed by atoms with Gasteiger partial charge in [-0.05, 0) is 76.9 Å². The molecule has 36 heavy (non-hydrogen) atoms. The summed E-state index contributed by atoms with van der Waals surface area (Å²) in [4.78, 5) is 11.3. The maximum Gasteiger partial charge on any atom is 1.00 e. The Labute approximate surface area is 314 Å². The van der Waals surface area contributed by atoms with Gasteiger partial charge in [-0.3, -0.25) is 14.2 Å². The van der Waals surface area contributed by atoms with E-state index in [2.05, 4.69) is 25.4 Å². The topological polar surface area (TPSA) is 135 Å². The quantitative estimate of drug-likeness (QED) is 0.278. The van der Waals surface area contributed by atoms with Crippen molar-refractivity contribution in [3.8, 4) is 0 Å². The Morgan fingerprint density at radius 1 is 0.944 bits per heavy atom.